The highest BCUT2D eigenvalue weighted by atomic mass is 16.4. The van der Waals surface area contributed by atoms with Crippen LogP contribution in [0.15, 0.2) is 18.3 Å². The molecule has 0 bridgehead atoms. The molecule has 0 aliphatic carbocycles. The summed E-state index contributed by atoms with van der Waals surface area (Å²) >= 11 is 0. The minimum Gasteiger partial charge on any atom is -0.480 e. The number of rotatable bonds is 9. The molecule has 2 N–H and O–H groups in total. The van der Waals surface area contributed by atoms with Crippen molar-refractivity contribution in [3.05, 3.63) is 29.6 Å². The molecule has 0 amide bonds. The minimum atomic E-state index is -0.745. The fourth-order valence-corrected chi connectivity index (χ4v) is 1.94. The average molecular weight is 264 g/mol. The molecule has 0 radical (unpaired) electrons. The van der Waals surface area contributed by atoms with Gasteiger partial charge in [0.2, 0.25) is 0 Å². The average Bonchev–Trinajstić information content (AvgIpc) is 2.39. The number of carboxylic acid groups (broad SMARTS) is 1. The van der Waals surface area contributed by atoms with Crippen LogP contribution in [0.2, 0.25) is 0 Å². The highest BCUT2D eigenvalue weighted by Crippen LogP contribution is 2.04. The van der Waals surface area contributed by atoms with E-state index >= 15 is 0 Å². The van der Waals surface area contributed by atoms with Gasteiger partial charge in [-0.1, -0.05) is 25.8 Å². The van der Waals surface area contributed by atoms with Crippen molar-refractivity contribution in [3.63, 3.8) is 0 Å². The van der Waals surface area contributed by atoms with Crippen molar-refractivity contribution >= 4 is 5.97 Å². The van der Waals surface area contributed by atoms with Crippen LogP contribution in [0.3, 0.4) is 0 Å². The molecule has 0 saturated heterocycles. The number of hydrogen-bond donors (Lipinski definition) is 2. The number of aliphatic carboxylic acids is 1. The molecule has 1 aromatic heterocycles. The van der Waals surface area contributed by atoms with Crippen LogP contribution in [0, 0.1) is 6.92 Å². The molecule has 1 aromatic rings. The maximum absolute atomic E-state index is 11.0. The summed E-state index contributed by atoms with van der Waals surface area (Å²) in [5.41, 5.74) is 2.22. The zero-order valence-electron chi connectivity index (χ0n) is 11.9. The van der Waals surface area contributed by atoms with E-state index in [0.29, 0.717) is 6.42 Å². The Bertz CT molecular complexity index is 376. The van der Waals surface area contributed by atoms with Crippen LogP contribution in [0.25, 0.3) is 0 Å². The van der Waals surface area contributed by atoms with Gasteiger partial charge in [-0.05, 0) is 44.4 Å². The van der Waals surface area contributed by atoms with Gasteiger partial charge >= 0.3 is 5.97 Å². The Balaban J connectivity index is 2.24. The van der Waals surface area contributed by atoms with Crippen molar-refractivity contribution in [2.24, 2.45) is 0 Å². The summed E-state index contributed by atoms with van der Waals surface area (Å²) in [4.78, 5) is 15.3. The molecule has 1 atom stereocenters. The fraction of sp³-hybridized carbons (Fsp3) is 0.600. The Kier molecular flexibility index (Phi) is 7.11. The lowest BCUT2D eigenvalue weighted by Crippen LogP contribution is -2.37. The van der Waals surface area contributed by atoms with Crippen molar-refractivity contribution in [2.45, 2.75) is 52.0 Å². The monoisotopic (exact) mass is 264 g/mol. The van der Waals surface area contributed by atoms with Gasteiger partial charge in [0.15, 0.2) is 0 Å². The molecular formula is C15H24N2O2. The molecule has 4 heteroatoms. The molecule has 0 aromatic carbocycles. The SMILES string of the molecule is CCCCC(NCCCc1ccc(C)nc1)C(=O)O. The van der Waals surface area contributed by atoms with Crippen molar-refractivity contribution in [1.82, 2.24) is 10.3 Å². The van der Waals surface area contributed by atoms with Gasteiger partial charge < -0.3 is 10.4 Å². The zero-order chi connectivity index (χ0) is 14.1. The van der Waals surface area contributed by atoms with Gasteiger partial charge in [-0.3, -0.25) is 9.78 Å². The summed E-state index contributed by atoms with van der Waals surface area (Å²) in [5.74, 6) is -0.745. The summed E-state index contributed by atoms with van der Waals surface area (Å²) < 4.78 is 0. The number of carbonyl (C=O) groups is 1. The summed E-state index contributed by atoms with van der Waals surface area (Å²) in [5, 5.41) is 12.2. The molecule has 1 unspecified atom stereocenters. The van der Waals surface area contributed by atoms with Crippen LogP contribution in [-0.4, -0.2) is 28.6 Å². The smallest absolute Gasteiger partial charge is 0.320 e. The highest BCUT2D eigenvalue weighted by Gasteiger charge is 2.14. The summed E-state index contributed by atoms with van der Waals surface area (Å²) in [6.07, 6.45) is 6.44. The summed E-state index contributed by atoms with van der Waals surface area (Å²) in [6, 6.07) is 3.68. The Labute approximate surface area is 115 Å². The molecule has 1 heterocycles. The number of nitrogens with zero attached hydrogens (tertiary/aromatic N) is 1. The van der Waals surface area contributed by atoms with Crippen molar-refractivity contribution in [2.75, 3.05) is 6.54 Å². The van der Waals surface area contributed by atoms with Gasteiger partial charge in [-0.2, -0.15) is 0 Å². The van der Waals surface area contributed by atoms with Crippen LogP contribution in [0.4, 0.5) is 0 Å². The molecule has 1 rings (SSSR count). The van der Waals surface area contributed by atoms with Crippen LogP contribution < -0.4 is 5.32 Å². The van der Waals surface area contributed by atoms with E-state index in [2.05, 4.69) is 23.3 Å². The van der Waals surface area contributed by atoms with E-state index in [1.54, 1.807) is 0 Å². The predicted octanol–water partition coefficient (Wildman–Crippen LogP) is 2.56. The Hall–Kier alpha value is -1.42. The number of aryl methyl sites for hydroxylation is 2. The van der Waals surface area contributed by atoms with E-state index in [1.165, 1.54) is 5.56 Å². The van der Waals surface area contributed by atoms with Crippen LogP contribution in [0.1, 0.15) is 43.9 Å². The molecule has 0 fully saturated rings. The lowest BCUT2D eigenvalue weighted by Gasteiger charge is -2.13. The molecule has 0 spiro atoms. The number of aromatic nitrogens is 1. The van der Waals surface area contributed by atoms with E-state index in [0.717, 1.165) is 37.9 Å². The van der Waals surface area contributed by atoms with E-state index in [1.807, 2.05) is 19.2 Å². The van der Waals surface area contributed by atoms with Crippen LogP contribution in [-0.2, 0) is 11.2 Å². The standard InChI is InChI=1S/C15H24N2O2/c1-3-4-7-14(15(18)19)16-10-5-6-13-9-8-12(2)17-11-13/h8-9,11,14,16H,3-7,10H2,1-2H3,(H,18,19). The third-order valence-electron chi connectivity index (χ3n) is 3.15. The van der Waals surface area contributed by atoms with Gasteiger partial charge in [0.25, 0.3) is 0 Å². The third-order valence-corrected chi connectivity index (χ3v) is 3.15. The summed E-state index contributed by atoms with van der Waals surface area (Å²) in [7, 11) is 0. The van der Waals surface area contributed by atoms with Crippen LogP contribution >= 0.6 is 0 Å². The number of nitrogens with one attached hydrogen (secondary N) is 1. The maximum Gasteiger partial charge on any atom is 0.320 e. The van der Waals surface area contributed by atoms with E-state index < -0.39 is 12.0 Å². The predicted molar refractivity (Wildman–Crippen MR) is 76.2 cm³/mol. The lowest BCUT2D eigenvalue weighted by molar-refractivity contribution is -0.139. The molecule has 4 nitrogen and oxygen atoms in total. The first kappa shape index (κ1) is 15.6. The second-order valence-corrected chi connectivity index (χ2v) is 4.90. The Morgan fingerprint density at radius 3 is 2.79 bits per heavy atom. The first-order chi connectivity index (χ1) is 9.13. The van der Waals surface area contributed by atoms with Crippen molar-refractivity contribution < 1.29 is 9.90 Å². The summed E-state index contributed by atoms with van der Waals surface area (Å²) in [6.45, 7) is 4.77. The van der Waals surface area contributed by atoms with Gasteiger partial charge in [0.05, 0.1) is 0 Å². The molecule has 0 saturated carbocycles. The molecule has 0 aliphatic rings. The van der Waals surface area contributed by atoms with Crippen molar-refractivity contribution in [1.29, 1.82) is 0 Å². The maximum atomic E-state index is 11.0. The molecule has 19 heavy (non-hydrogen) atoms. The number of hydrogen-bond acceptors (Lipinski definition) is 3. The quantitative estimate of drug-likeness (QED) is 0.673. The second-order valence-electron chi connectivity index (χ2n) is 4.90. The zero-order valence-corrected chi connectivity index (χ0v) is 11.9. The first-order valence-corrected chi connectivity index (χ1v) is 7.01. The van der Waals surface area contributed by atoms with Gasteiger partial charge in [0, 0.05) is 11.9 Å². The Morgan fingerprint density at radius 1 is 1.42 bits per heavy atom. The van der Waals surface area contributed by atoms with Crippen molar-refractivity contribution in [3.8, 4) is 0 Å². The highest BCUT2D eigenvalue weighted by molar-refractivity contribution is 5.73. The number of unbranched alkanes of at least 4 members (excludes halogenated alkanes) is 1. The first-order valence-electron chi connectivity index (χ1n) is 7.01. The third kappa shape index (κ3) is 6.34. The van der Waals surface area contributed by atoms with Crippen LogP contribution in [0.5, 0.6) is 0 Å². The number of pyridine rings is 1. The molecule has 106 valence electrons. The fourth-order valence-electron chi connectivity index (χ4n) is 1.94. The largest absolute Gasteiger partial charge is 0.480 e. The van der Waals surface area contributed by atoms with Gasteiger partial charge in [-0.25, -0.2) is 0 Å². The second kappa shape index (κ2) is 8.64. The molecular weight excluding hydrogens is 240 g/mol. The van der Waals surface area contributed by atoms with E-state index in [4.69, 9.17) is 5.11 Å². The number of carboxylic acids is 1. The van der Waals surface area contributed by atoms with E-state index in [9.17, 15) is 4.79 Å². The topological polar surface area (TPSA) is 62.2 Å². The Morgan fingerprint density at radius 2 is 2.21 bits per heavy atom. The lowest BCUT2D eigenvalue weighted by atomic mass is 10.1. The van der Waals surface area contributed by atoms with Gasteiger partial charge in [0.1, 0.15) is 6.04 Å². The van der Waals surface area contributed by atoms with Gasteiger partial charge in [-0.15, -0.1) is 0 Å². The molecule has 0 aliphatic heterocycles. The minimum absolute atomic E-state index is 0.406. The van der Waals surface area contributed by atoms with E-state index in [-0.39, 0.29) is 0 Å². The normalized spacial score (nSPS) is 12.3.